The molecule has 0 saturated carbocycles. The van der Waals surface area contributed by atoms with Gasteiger partial charge in [0, 0.05) is 6.07 Å². The van der Waals surface area contributed by atoms with Crippen molar-refractivity contribution in [2.75, 3.05) is 5.32 Å². The van der Waals surface area contributed by atoms with Crippen LogP contribution in [0.4, 0.5) is 19.3 Å². The van der Waals surface area contributed by atoms with Crippen LogP contribution < -0.4 is 16.4 Å². The number of nitrogens with one attached hydrogen (secondary N) is 2. The standard InChI is InChI=1S/C12H15F2N3OS/c1-3-12(2,10(15)19)17-11(18)16-9-5-4-7(13)6-8(9)14/h4-6H,3H2,1-2H3,(H2,15,19)(H2,16,17,18). The van der Waals surface area contributed by atoms with Crippen molar-refractivity contribution in [2.45, 2.75) is 25.8 Å². The minimum Gasteiger partial charge on any atom is -0.391 e. The number of carbonyl (C=O) groups excluding carboxylic acids is 1. The Morgan fingerprint density at radius 1 is 1.47 bits per heavy atom. The van der Waals surface area contributed by atoms with Gasteiger partial charge < -0.3 is 16.4 Å². The maximum atomic E-state index is 13.4. The van der Waals surface area contributed by atoms with Crippen LogP contribution in [-0.2, 0) is 0 Å². The van der Waals surface area contributed by atoms with Crippen molar-refractivity contribution >= 4 is 28.9 Å². The first-order valence-corrected chi connectivity index (χ1v) is 6.03. The molecular formula is C12H15F2N3OS. The van der Waals surface area contributed by atoms with Crippen LogP contribution in [0, 0.1) is 11.6 Å². The third kappa shape index (κ3) is 3.85. The second kappa shape index (κ2) is 5.92. The SMILES string of the molecule is CCC(C)(NC(=O)Nc1ccc(F)cc1F)C(N)=S. The van der Waals surface area contributed by atoms with Gasteiger partial charge in [-0.1, -0.05) is 19.1 Å². The van der Waals surface area contributed by atoms with E-state index in [4.69, 9.17) is 18.0 Å². The predicted octanol–water partition coefficient (Wildman–Crippen LogP) is 2.54. The summed E-state index contributed by atoms with van der Waals surface area (Å²) in [5.74, 6) is -1.58. The summed E-state index contributed by atoms with van der Waals surface area (Å²) in [7, 11) is 0. The van der Waals surface area contributed by atoms with Gasteiger partial charge in [-0.3, -0.25) is 0 Å². The lowest BCUT2D eigenvalue weighted by Crippen LogP contribution is -2.55. The van der Waals surface area contributed by atoms with Crippen LogP contribution in [0.25, 0.3) is 0 Å². The third-order valence-corrected chi connectivity index (χ3v) is 3.27. The van der Waals surface area contributed by atoms with E-state index in [-0.39, 0.29) is 10.7 Å². The molecule has 0 aliphatic rings. The van der Waals surface area contributed by atoms with Crippen molar-refractivity contribution in [3.05, 3.63) is 29.8 Å². The molecule has 0 heterocycles. The number of hydrogen-bond donors (Lipinski definition) is 3. The molecule has 0 radical (unpaired) electrons. The number of amides is 2. The van der Waals surface area contributed by atoms with Crippen molar-refractivity contribution in [3.63, 3.8) is 0 Å². The monoisotopic (exact) mass is 287 g/mol. The molecule has 0 fully saturated rings. The third-order valence-electron chi connectivity index (χ3n) is 2.82. The van der Waals surface area contributed by atoms with Gasteiger partial charge in [0.05, 0.1) is 16.2 Å². The van der Waals surface area contributed by atoms with Crippen LogP contribution in [0.3, 0.4) is 0 Å². The molecular weight excluding hydrogens is 272 g/mol. The Hall–Kier alpha value is -1.76. The molecule has 0 spiro atoms. The molecule has 1 aromatic carbocycles. The number of hydrogen-bond acceptors (Lipinski definition) is 2. The maximum Gasteiger partial charge on any atom is 0.320 e. The smallest absolute Gasteiger partial charge is 0.320 e. The highest BCUT2D eigenvalue weighted by Gasteiger charge is 2.27. The van der Waals surface area contributed by atoms with Gasteiger partial charge in [-0.2, -0.15) is 0 Å². The zero-order valence-electron chi connectivity index (χ0n) is 10.6. The van der Waals surface area contributed by atoms with Crippen molar-refractivity contribution in [1.82, 2.24) is 5.32 Å². The number of halogens is 2. The van der Waals surface area contributed by atoms with Gasteiger partial charge in [-0.05, 0) is 25.5 Å². The Labute approximate surface area is 115 Å². The van der Waals surface area contributed by atoms with E-state index in [1.54, 1.807) is 13.8 Å². The average Bonchev–Trinajstić information content (AvgIpc) is 2.32. The summed E-state index contributed by atoms with van der Waals surface area (Å²) in [6.07, 6.45) is 0.488. The highest BCUT2D eigenvalue weighted by molar-refractivity contribution is 7.80. The van der Waals surface area contributed by atoms with Crippen molar-refractivity contribution in [3.8, 4) is 0 Å². The molecule has 0 saturated heterocycles. The molecule has 19 heavy (non-hydrogen) atoms. The quantitative estimate of drug-likeness (QED) is 0.746. The highest BCUT2D eigenvalue weighted by Crippen LogP contribution is 2.16. The topological polar surface area (TPSA) is 67.2 Å². The zero-order valence-corrected chi connectivity index (χ0v) is 11.4. The van der Waals surface area contributed by atoms with Crippen LogP contribution >= 0.6 is 12.2 Å². The lowest BCUT2D eigenvalue weighted by Gasteiger charge is -2.28. The fourth-order valence-corrected chi connectivity index (χ4v) is 1.51. The molecule has 7 heteroatoms. The Morgan fingerprint density at radius 2 is 2.11 bits per heavy atom. The average molecular weight is 287 g/mol. The molecule has 4 N–H and O–H groups in total. The summed E-state index contributed by atoms with van der Waals surface area (Å²) in [5.41, 5.74) is 4.55. The number of rotatable bonds is 4. The minimum atomic E-state index is -0.865. The van der Waals surface area contributed by atoms with Gasteiger partial charge in [0.2, 0.25) is 0 Å². The molecule has 4 nitrogen and oxygen atoms in total. The fraction of sp³-hybridized carbons (Fsp3) is 0.333. The Morgan fingerprint density at radius 3 is 2.58 bits per heavy atom. The van der Waals surface area contributed by atoms with Crippen molar-refractivity contribution in [2.24, 2.45) is 5.73 Å². The van der Waals surface area contributed by atoms with E-state index in [0.29, 0.717) is 12.5 Å². The number of urea groups is 1. The molecule has 0 bridgehead atoms. The van der Waals surface area contributed by atoms with Crippen LogP contribution in [0.1, 0.15) is 20.3 Å². The molecule has 1 aromatic rings. The molecule has 1 atom stereocenters. The minimum absolute atomic E-state index is 0.125. The largest absolute Gasteiger partial charge is 0.391 e. The zero-order chi connectivity index (χ0) is 14.6. The van der Waals surface area contributed by atoms with Crippen molar-refractivity contribution < 1.29 is 13.6 Å². The molecule has 0 aliphatic carbocycles. The summed E-state index contributed by atoms with van der Waals surface area (Å²) in [6.45, 7) is 3.47. The van der Waals surface area contributed by atoms with E-state index in [1.807, 2.05) is 0 Å². The van der Waals surface area contributed by atoms with Gasteiger partial charge in [0.15, 0.2) is 0 Å². The summed E-state index contributed by atoms with van der Waals surface area (Å²) in [4.78, 5) is 11.9. The molecule has 0 aromatic heterocycles. The van der Waals surface area contributed by atoms with Gasteiger partial charge in [-0.25, -0.2) is 13.6 Å². The number of carbonyl (C=O) groups is 1. The summed E-state index contributed by atoms with van der Waals surface area (Å²) < 4.78 is 26.1. The normalized spacial score (nSPS) is 13.5. The molecule has 2 amide bonds. The van der Waals surface area contributed by atoms with Gasteiger partial charge in [0.25, 0.3) is 0 Å². The first-order valence-electron chi connectivity index (χ1n) is 5.62. The number of nitrogens with two attached hydrogens (primary N) is 1. The van der Waals surface area contributed by atoms with E-state index >= 15 is 0 Å². The lowest BCUT2D eigenvalue weighted by molar-refractivity contribution is 0.245. The number of anilines is 1. The van der Waals surface area contributed by atoms with Crippen LogP contribution in [0.2, 0.25) is 0 Å². The van der Waals surface area contributed by atoms with Crippen LogP contribution in [-0.4, -0.2) is 16.6 Å². The van der Waals surface area contributed by atoms with Crippen molar-refractivity contribution in [1.29, 1.82) is 0 Å². The fourth-order valence-electron chi connectivity index (χ4n) is 1.32. The first kappa shape index (κ1) is 15.3. The highest BCUT2D eigenvalue weighted by atomic mass is 32.1. The second-order valence-electron chi connectivity index (χ2n) is 4.25. The summed E-state index contributed by atoms with van der Waals surface area (Å²) >= 11 is 4.87. The first-order chi connectivity index (χ1) is 8.78. The van der Waals surface area contributed by atoms with Gasteiger partial charge in [0.1, 0.15) is 11.6 Å². The molecule has 1 unspecified atom stereocenters. The van der Waals surface area contributed by atoms with Crippen LogP contribution in [0.15, 0.2) is 18.2 Å². The Balaban J connectivity index is 2.78. The van der Waals surface area contributed by atoms with Gasteiger partial charge >= 0.3 is 6.03 Å². The molecule has 0 aliphatic heterocycles. The second-order valence-corrected chi connectivity index (χ2v) is 4.69. The number of benzene rings is 1. The number of thiocarbonyl (C=S) groups is 1. The van der Waals surface area contributed by atoms with Gasteiger partial charge in [-0.15, -0.1) is 0 Å². The molecule has 1 rings (SSSR count). The van der Waals surface area contributed by atoms with E-state index in [1.165, 1.54) is 0 Å². The predicted molar refractivity (Wildman–Crippen MR) is 74.0 cm³/mol. The Kier molecular flexibility index (Phi) is 4.77. The van der Waals surface area contributed by atoms with Crippen LogP contribution in [0.5, 0.6) is 0 Å². The van der Waals surface area contributed by atoms with E-state index in [2.05, 4.69) is 10.6 Å². The van der Waals surface area contributed by atoms with E-state index in [0.717, 1.165) is 12.1 Å². The Bertz CT molecular complexity index is 510. The van der Waals surface area contributed by atoms with E-state index in [9.17, 15) is 13.6 Å². The lowest BCUT2D eigenvalue weighted by atomic mass is 9.99. The maximum absolute atomic E-state index is 13.4. The summed E-state index contributed by atoms with van der Waals surface area (Å²) in [6, 6.07) is 2.20. The van der Waals surface area contributed by atoms with E-state index < -0.39 is 23.2 Å². The molecule has 104 valence electrons. The summed E-state index contributed by atoms with van der Waals surface area (Å²) in [5, 5.41) is 4.83.